The molecule has 3 nitrogen and oxygen atoms in total. The first-order chi connectivity index (χ1) is 7.59. The van der Waals surface area contributed by atoms with Crippen LogP contribution in [0.4, 0.5) is 0 Å². The average Bonchev–Trinajstić information content (AvgIpc) is 2.66. The smallest absolute Gasteiger partial charge is 0.219 e. The van der Waals surface area contributed by atoms with Crippen molar-refractivity contribution in [2.24, 2.45) is 0 Å². The van der Waals surface area contributed by atoms with E-state index in [2.05, 4.69) is 11.9 Å². The van der Waals surface area contributed by atoms with Gasteiger partial charge in [-0.3, -0.25) is 4.79 Å². The zero-order chi connectivity index (χ0) is 11.7. The number of nitrogens with one attached hydrogen (secondary N) is 1. The second kappa shape index (κ2) is 4.37. The molecule has 1 aromatic rings. The number of hydrogen-bond acceptors (Lipinski definition) is 2. The maximum absolute atomic E-state index is 11.5. The molecule has 16 heavy (non-hydrogen) atoms. The van der Waals surface area contributed by atoms with E-state index in [-0.39, 0.29) is 11.9 Å². The molecule has 4 heteroatoms. The van der Waals surface area contributed by atoms with Crippen LogP contribution in [0.15, 0.2) is 12.3 Å². The molecule has 2 rings (SSSR count). The Kier molecular flexibility index (Phi) is 3.10. The first-order valence-electron chi connectivity index (χ1n) is 5.56. The van der Waals surface area contributed by atoms with Crippen molar-refractivity contribution in [3.8, 4) is 0 Å². The zero-order valence-corrected chi connectivity index (χ0v) is 10.4. The van der Waals surface area contributed by atoms with E-state index in [9.17, 15) is 4.79 Å². The van der Waals surface area contributed by atoms with Gasteiger partial charge in [-0.1, -0.05) is 12.2 Å². The number of H-pyrrole nitrogens is 1. The monoisotopic (exact) mass is 236 g/mol. The van der Waals surface area contributed by atoms with Gasteiger partial charge in [0.05, 0.1) is 6.04 Å². The summed E-state index contributed by atoms with van der Waals surface area (Å²) < 4.78 is 0.744. The van der Waals surface area contributed by atoms with Crippen molar-refractivity contribution in [1.82, 2.24) is 9.88 Å². The number of nitrogens with zero attached hydrogens (tertiary/aromatic N) is 1. The summed E-state index contributed by atoms with van der Waals surface area (Å²) in [5.41, 5.74) is 2.36. The molecule has 86 valence electrons. The SMILES string of the molecule is CC(=O)N1CCC[C@@H]1c1c[nH]c(=S)cc1C. The summed E-state index contributed by atoms with van der Waals surface area (Å²) in [6.07, 6.45) is 4.08. The Morgan fingerprint density at radius 2 is 2.38 bits per heavy atom. The summed E-state index contributed by atoms with van der Waals surface area (Å²) in [5, 5.41) is 0. The van der Waals surface area contributed by atoms with Crippen LogP contribution in [0.25, 0.3) is 0 Å². The van der Waals surface area contributed by atoms with Crippen LogP contribution in [0.3, 0.4) is 0 Å². The number of carbonyl (C=O) groups is 1. The summed E-state index contributed by atoms with van der Waals surface area (Å²) in [6, 6.07) is 2.19. The Hall–Kier alpha value is -1.16. The molecule has 0 radical (unpaired) electrons. The molecule has 0 bridgehead atoms. The van der Waals surface area contributed by atoms with Gasteiger partial charge in [-0.05, 0) is 37.0 Å². The highest BCUT2D eigenvalue weighted by Gasteiger charge is 2.28. The van der Waals surface area contributed by atoms with Crippen LogP contribution >= 0.6 is 12.2 Å². The predicted molar refractivity (Wildman–Crippen MR) is 65.7 cm³/mol. The maximum Gasteiger partial charge on any atom is 0.219 e. The molecule has 0 saturated carbocycles. The van der Waals surface area contributed by atoms with Crippen LogP contribution in [-0.2, 0) is 4.79 Å². The summed E-state index contributed by atoms with van der Waals surface area (Å²) in [5.74, 6) is 0.157. The molecular weight excluding hydrogens is 220 g/mol. The highest BCUT2D eigenvalue weighted by Crippen LogP contribution is 2.33. The Morgan fingerprint density at radius 1 is 1.62 bits per heavy atom. The maximum atomic E-state index is 11.5. The van der Waals surface area contributed by atoms with E-state index in [0.717, 1.165) is 24.0 Å². The minimum atomic E-state index is 0.157. The second-order valence-corrected chi connectivity index (χ2v) is 4.75. The summed E-state index contributed by atoms with van der Waals surface area (Å²) in [4.78, 5) is 16.5. The molecule has 0 aromatic carbocycles. The second-order valence-electron chi connectivity index (χ2n) is 4.31. The lowest BCUT2D eigenvalue weighted by Crippen LogP contribution is -2.28. The van der Waals surface area contributed by atoms with Crippen LogP contribution in [0.1, 0.15) is 36.9 Å². The quantitative estimate of drug-likeness (QED) is 0.761. The van der Waals surface area contributed by atoms with Gasteiger partial charge >= 0.3 is 0 Å². The fourth-order valence-corrected chi connectivity index (χ4v) is 2.65. The van der Waals surface area contributed by atoms with E-state index in [1.165, 1.54) is 11.1 Å². The fraction of sp³-hybridized carbons (Fsp3) is 0.500. The van der Waals surface area contributed by atoms with Crippen molar-refractivity contribution in [3.05, 3.63) is 28.0 Å². The molecule has 1 fully saturated rings. The first-order valence-corrected chi connectivity index (χ1v) is 5.97. The van der Waals surface area contributed by atoms with E-state index >= 15 is 0 Å². The Labute approximate surface area is 100 Å². The minimum Gasteiger partial charge on any atom is -0.353 e. The lowest BCUT2D eigenvalue weighted by Gasteiger charge is -2.24. The van der Waals surface area contributed by atoms with Gasteiger partial charge in [-0.25, -0.2) is 0 Å². The number of aromatic amines is 1. The molecule has 1 aromatic heterocycles. The fourth-order valence-electron chi connectivity index (χ4n) is 2.41. The van der Waals surface area contributed by atoms with Gasteiger partial charge in [-0.2, -0.15) is 0 Å². The van der Waals surface area contributed by atoms with Crippen molar-refractivity contribution >= 4 is 18.1 Å². The molecule has 1 N–H and O–H groups in total. The first kappa shape index (κ1) is 11.3. The summed E-state index contributed by atoms with van der Waals surface area (Å²) in [7, 11) is 0. The standard InChI is InChI=1S/C12H16N2OS/c1-8-6-12(16)13-7-10(8)11-4-3-5-14(11)9(2)15/h6-7,11H,3-5H2,1-2H3,(H,13,16)/t11-/m1/s1. The third kappa shape index (κ3) is 2.02. The number of aromatic nitrogens is 1. The van der Waals surface area contributed by atoms with E-state index in [4.69, 9.17) is 12.2 Å². The highest BCUT2D eigenvalue weighted by molar-refractivity contribution is 7.71. The molecule has 0 unspecified atom stereocenters. The molecule has 2 heterocycles. The van der Waals surface area contributed by atoms with E-state index < -0.39 is 0 Å². The van der Waals surface area contributed by atoms with Gasteiger partial charge < -0.3 is 9.88 Å². The lowest BCUT2D eigenvalue weighted by atomic mass is 10.0. The molecular formula is C12H16N2OS. The Bertz CT molecular complexity index is 466. The summed E-state index contributed by atoms with van der Waals surface area (Å²) >= 11 is 5.08. The number of likely N-dealkylation sites (tertiary alicyclic amines) is 1. The van der Waals surface area contributed by atoms with E-state index in [1.807, 2.05) is 17.2 Å². The number of amides is 1. The number of pyridine rings is 1. The van der Waals surface area contributed by atoms with Gasteiger partial charge in [0.2, 0.25) is 5.91 Å². The Balaban J connectivity index is 2.36. The molecule has 0 aliphatic carbocycles. The van der Waals surface area contributed by atoms with Crippen molar-refractivity contribution in [3.63, 3.8) is 0 Å². The van der Waals surface area contributed by atoms with Crippen molar-refractivity contribution in [2.75, 3.05) is 6.54 Å². The van der Waals surface area contributed by atoms with Gasteiger partial charge in [0.25, 0.3) is 0 Å². The van der Waals surface area contributed by atoms with Crippen molar-refractivity contribution in [2.45, 2.75) is 32.7 Å². The van der Waals surface area contributed by atoms with Crippen LogP contribution in [0.2, 0.25) is 0 Å². The van der Waals surface area contributed by atoms with Crippen molar-refractivity contribution < 1.29 is 4.79 Å². The average molecular weight is 236 g/mol. The normalized spacial score (nSPS) is 20.1. The minimum absolute atomic E-state index is 0.157. The van der Waals surface area contributed by atoms with E-state index in [1.54, 1.807) is 6.92 Å². The van der Waals surface area contributed by atoms with Crippen LogP contribution in [0, 0.1) is 11.6 Å². The molecule has 1 aliphatic heterocycles. The van der Waals surface area contributed by atoms with Crippen LogP contribution in [-0.4, -0.2) is 22.3 Å². The third-order valence-electron chi connectivity index (χ3n) is 3.19. The number of carbonyl (C=O) groups excluding carboxylic acids is 1. The molecule has 1 amide bonds. The molecule has 1 saturated heterocycles. The largest absolute Gasteiger partial charge is 0.353 e. The third-order valence-corrected chi connectivity index (χ3v) is 3.42. The number of rotatable bonds is 1. The molecule has 0 spiro atoms. The van der Waals surface area contributed by atoms with Gasteiger partial charge in [0.1, 0.15) is 4.64 Å². The van der Waals surface area contributed by atoms with Crippen LogP contribution in [0.5, 0.6) is 0 Å². The van der Waals surface area contributed by atoms with Gasteiger partial charge in [-0.15, -0.1) is 0 Å². The van der Waals surface area contributed by atoms with Gasteiger partial charge in [0, 0.05) is 19.7 Å². The topological polar surface area (TPSA) is 36.1 Å². The molecule has 1 aliphatic rings. The highest BCUT2D eigenvalue weighted by atomic mass is 32.1. The van der Waals surface area contributed by atoms with Crippen molar-refractivity contribution in [1.29, 1.82) is 0 Å². The zero-order valence-electron chi connectivity index (χ0n) is 9.62. The van der Waals surface area contributed by atoms with E-state index in [0.29, 0.717) is 0 Å². The van der Waals surface area contributed by atoms with Crippen LogP contribution < -0.4 is 0 Å². The Morgan fingerprint density at radius 3 is 3.00 bits per heavy atom. The summed E-state index contributed by atoms with van der Waals surface area (Å²) in [6.45, 7) is 4.56. The number of aryl methyl sites for hydroxylation is 1. The number of hydrogen-bond donors (Lipinski definition) is 1. The van der Waals surface area contributed by atoms with Gasteiger partial charge in [0.15, 0.2) is 0 Å². The predicted octanol–water partition coefficient (Wildman–Crippen LogP) is 2.74. The molecule has 1 atom stereocenters. The lowest BCUT2D eigenvalue weighted by molar-refractivity contribution is -0.129.